The Balaban J connectivity index is 1.74. The zero-order valence-electron chi connectivity index (χ0n) is 15.5. The van der Waals surface area contributed by atoms with E-state index in [0.717, 1.165) is 53.8 Å². The Kier molecular flexibility index (Phi) is 4.45. The first-order chi connectivity index (χ1) is 12.6. The van der Waals surface area contributed by atoms with E-state index in [2.05, 4.69) is 33.9 Å². The van der Waals surface area contributed by atoms with Gasteiger partial charge in [-0.05, 0) is 56.9 Å². The van der Waals surface area contributed by atoms with Crippen LogP contribution in [0.1, 0.15) is 43.0 Å². The summed E-state index contributed by atoms with van der Waals surface area (Å²) in [6.07, 6.45) is 5.80. The molecule has 0 aromatic carbocycles. The SMILES string of the molecule is Cc1cc(N2CCC(C)CC2c2ccc(C)o2)nc(-c2cccnc2)n1. The number of furan rings is 1. The zero-order chi connectivity index (χ0) is 18.1. The molecule has 0 aliphatic carbocycles. The maximum Gasteiger partial charge on any atom is 0.163 e. The minimum absolute atomic E-state index is 0.212. The highest BCUT2D eigenvalue weighted by molar-refractivity contribution is 5.57. The Morgan fingerprint density at radius 3 is 2.77 bits per heavy atom. The van der Waals surface area contributed by atoms with Crippen molar-refractivity contribution in [2.24, 2.45) is 5.92 Å². The predicted octanol–water partition coefficient (Wildman–Crippen LogP) is 4.73. The lowest BCUT2D eigenvalue weighted by Crippen LogP contribution is -2.36. The molecule has 26 heavy (non-hydrogen) atoms. The minimum atomic E-state index is 0.212. The molecule has 2 atom stereocenters. The van der Waals surface area contributed by atoms with E-state index in [1.54, 1.807) is 6.20 Å². The summed E-state index contributed by atoms with van der Waals surface area (Å²) in [6.45, 7) is 7.29. The summed E-state index contributed by atoms with van der Waals surface area (Å²) in [5.74, 6) is 4.33. The maximum absolute atomic E-state index is 5.97. The van der Waals surface area contributed by atoms with Gasteiger partial charge < -0.3 is 9.32 Å². The van der Waals surface area contributed by atoms with Crippen molar-refractivity contribution in [1.29, 1.82) is 0 Å². The van der Waals surface area contributed by atoms with Crippen LogP contribution in [0.3, 0.4) is 0 Å². The Bertz CT molecular complexity index is 890. The Hall–Kier alpha value is -2.69. The number of nitrogens with zero attached hydrogens (tertiary/aromatic N) is 4. The van der Waals surface area contributed by atoms with Gasteiger partial charge in [0.1, 0.15) is 17.3 Å². The summed E-state index contributed by atoms with van der Waals surface area (Å²) in [6, 6.07) is 10.3. The van der Waals surface area contributed by atoms with Gasteiger partial charge in [0, 0.05) is 36.3 Å². The topological polar surface area (TPSA) is 55.1 Å². The smallest absolute Gasteiger partial charge is 0.163 e. The predicted molar refractivity (Wildman–Crippen MR) is 102 cm³/mol. The van der Waals surface area contributed by atoms with Gasteiger partial charge in [-0.1, -0.05) is 6.92 Å². The molecule has 0 bridgehead atoms. The van der Waals surface area contributed by atoms with Crippen LogP contribution in [-0.2, 0) is 0 Å². The molecule has 1 fully saturated rings. The summed E-state index contributed by atoms with van der Waals surface area (Å²) in [7, 11) is 0. The van der Waals surface area contributed by atoms with E-state index in [4.69, 9.17) is 9.40 Å². The molecule has 5 nitrogen and oxygen atoms in total. The second kappa shape index (κ2) is 6.90. The number of pyridine rings is 1. The van der Waals surface area contributed by atoms with Crippen molar-refractivity contribution < 1.29 is 4.42 Å². The first-order valence-corrected chi connectivity index (χ1v) is 9.19. The summed E-state index contributed by atoms with van der Waals surface area (Å²) in [4.78, 5) is 16.1. The van der Waals surface area contributed by atoms with Crippen LogP contribution >= 0.6 is 0 Å². The molecule has 5 heteroatoms. The lowest BCUT2D eigenvalue weighted by molar-refractivity contribution is 0.323. The summed E-state index contributed by atoms with van der Waals surface area (Å²) in [5.41, 5.74) is 1.90. The molecule has 0 N–H and O–H groups in total. The number of aryl methyl sites for hydroxylation is 2. The standard InChI is InChI=1S/C21H24N4O/c1-14-8-10-25(18(11-14)19-7-6-16(3)26-19)20-12-15(2)23-21(24-20)17-5-4-9-22-13-17/h4-7,9,12-14,18H,8,10-11H2,1-3H3. The quantitative estimate of drug-likeness (QED) is 0.685. The molecular weight excluding hydrogens is 324 g/mol. The Morgan fingerprint density at radius 2 is 2.04 bits per heavy atom. The molecule has 0 saturated carbocycles. The molecule has 1 aliphatic heterocycles. The van der Waals surface area contributed by atoms with Gasteiger partial charge in [-0.15, -0.1) is 0 Å². The normalized spacial score (nSPS) is 20.3. The largest absolute Gasteiger partial charge is 0.464 e. The average Bonchev–Trinajstić information content (AvgIpc) is 3.08. The second-order valence-electron chi connectivity index (χ2n) is 7.22. The maximum atomic E-state index is 5.97. The van der Waals surface area contributed by atoms with Crippen molar-refractivity contribution in [3.8, 4) is 11.4 Å². The molecule has 3 aromatic heterocycles. The van der Waals surface area contributed by atoms with Crippen LogP contribution in [0.15, 0.2) is 47.1 Å². The molecule has 4 heterocycles. The van der Waals surface area contributed by atoms with Gasteiger partial charge in [-0.3, -0.25) is 4.98 Å². The summed E-state index contributed by atoms with van der Waals surface area (Å²) >= 11 is 0. The highest BCUT2D eigenvalue weighted by Crippen LogP contribution is 2.38. The van der Waals surface area contributed by atoms with Crippen molar-refractivity contribution in [3.63, 3.8) is 0 Å². The second-order valence-corrected chi connectivity index (χ2v) is 7.22. The van der Waals surface area contributed by atoms with E-state index in [9.17, 15) is 0 Å². The van der Waals surface area contributed by atoms with Crippen molar-refractivity contribution in [2.45, 2.75) is 39.7 Å². The van der Waals surface area contributed by atoms with Crippen LogP contribution in [0.5, 0.6) is 0 Å². The number of aromatic nitrogens is 3. The van der Waals surface area contributed by atoms with E-state index in [0.29, 0.717) is 5.92 Å². The molecule has 1 aliphatic rings. The number of rotatable bonds is 3. The fourth-order valence-corrected chi connectivity index (χ4v) is 3.64. The third-order valence-corrected chi connectivity index (χ3v) is 5.01. The highest BCUT2D eigenvalue weighted by Gasteiger charge is 2.31. The fraction of sp³-hybridized carbons (Fsp3) is 0.381. The van der Waals surface area contributed by atoms with Crippen LogP contribution in [0.2, 0.25) is 0 Å². The molecule has 0 radical (unpaired) electrons. The number of hydrogen-bond donors (Lipinski definition) is 0. The molecular formula is C21H24N4O. The monoisotopic (exact) mass is 348 g/mol. The van der Waals surface area contributed by atoms with Crippen molar-refractivity contribution in [3.05, 3.63) is 59.9 Å². The number of anilines is 1. The fourth-order valence-electron chi connectivity index (χ4n) is 3.64. The highest BCUT2D eigenvalue weighted by atomic mass is 16.3. The molecule has 4 rings (SSSR count). The van der Waals surface area contributed by atoms with Gasteiger partial charge in [0.25, 0.3) is 0 Å². The van der Waals surface area contributed by atoms with Gasteiger partial charge >= 0.3 is 0 Å². The lowest BCUT2D eigenvalue weighted by atomic mass is 9.91. The molecule has 134 valence electrons. The van der Waals surface area contributed by atoms with Crippen LogP contribution in [0, 0.1) is 19.8 Å². The van der Waals surface area contributed by atoms with Crippen molar-refractivity contribution in [1.82, 2.24) is 15.0 Å². The van der Waals surface area contributed by atoms with Gasteiger partial charge in [0.05, 0.1) is 6.04 Å². The minimum Gasteiger partial charge on any atom is -0.464 e. The Labute approximate surface area is 154 Å². The molecule has 1 saturated heterocycles. The molecule has 3 aromatic rings. The molecule has 2 unspecified atom stereocenters. The van der Waals surface area contributed by atoms with E-state index >= 15 is 0 Å². The number of hydrogen-bond acceptors (Lipinski definition) is 5. The zero-order valence-corrected chi connectivity index (χ0v) is 15.5. The van der Waals surface area contributed by atoms with Gasteiger partial charge in [-0.25, -0.2) is 9.97 Å². The van der Waals surface area contributed by atoms with Crippen LogP contribution < -0.4 is 4.90 Å². The van der Waals surface area contributed by atoms with E-state index in [1.165, 1.54) is 0 Å². The van der Waals surface area contributed by atoms with Crippen molar-refractivity contribution >= 4 is 5.82 Å². The molecule has 0 amide bonds. The van der Waals surface area contributed by atoms with Crippen LogP contribution in [0.25, 0.3) is 11.4 Å². The van der Waals surface area contributed by atoms with Crippen LogP contribution in [0.4, 0.5) is 5.82 Å². The van der Waals surface area contributed by atoms with E-state index < -0.39 is 0 Å². The third kappa shape index (κ3) is 3.34. The number of piperidine rings is 1. The van der Waals surface area contributed by atoms with E-state index in [-0.39, 0.29) is 6.04 Å². The first kappa shape index (κ1) is 16.8. The van der Waals surface area contributed by atoms with Crippen molar-refractivity contribution in [2.75, 3.05) is 11.4 Å². The lowest BCUT2D eigenvalue weighted by Gasteiger charge is -2.38. The van der Waals surface area contributed by atoms with Crippen LogP contribution in [-0.4, -0.2) is 21.5 Å². The van der Waals surface area contributed by atoms with Gasteiger partial charge in [-0.2, -0.15) is 0 Å². The first-order valence-electron chi connectivity index (χ1n) is 9.19. The summed E-state index contributed by atoms with van der Waals surface area (Å²) in [5, 5.41) is 0. The molecule has 0 spiro atoms. The van der Waals surface area contributed by atoms with Gasteiger partial charge in [0.15, 0.2) is 5.82 Å². The third-order valence-electron chi connectivity index (χ3n) is 5.01. The van der Waals surface area contributed by atoms with Gasteiger partial charge in [0.2, 0.25) is 0 Å². The summed E-state index contributed by atoms with van der Waals surface area (Å²) < 4.78 is 5.97. The Morgan fingerprint density at radius 1 is 1.15 bits per heavy atom. The van der Waals surface area contributed by atoms with E-state index in [1.807, 2.05) is 38.2 Å². The average molecular weight is 348 g/mol.